The van der Waals surface area contributed by atoms with E-state index >= 15 is 0 Å². The molecule has 0 spiro atoms. The van der Waals surface area contributed by atoms with Crippen LogP contribution in [0.4, 0.5) is 15.8 Å². The molecule has 2 aromatic rings. The number of rotatable bonds is 2. The summed E-state index contributed by atoms with van der Waals surface area (Å²) in [5.74, 6) is 0.430. The van der Waals surface area contributed by atoms with Crippen LogP contribution in [0.25, 0.3) is 0 Å². The zero-order valence-corrected chi connectivity index (χ0v) is 12.4. The summed E-state index contributed by atoms with van der Waals surface area (Å²) >= 11 is 6.12. The van der Waals surface area contributed by atoms with Crippen molar-refractivity contribution in [1.82, 2.24) is 0 Å². The Morgan fingerprint density at radius 1 is 1.38 bits per heavy atom. The summed E-state index contributed by atoms with van der Waals surface area (Å²) in [5.41, 5.74) is 7.84. The SMILES string of the molecule is CC1CN(Cc2c(F)cccc2Cl)c2ccc(N)cc2O1. The number of benzene rings is 2. The summed E-state index contributed by atoms with van der Waals surface area (Å²) in [5, 5.41) is 0.436. The molecule has 0 fully saturated rings. The van der Waals surface area contributed by atoms with Crippen molar-refractivity contribution in [3.63, 3.8) is 0 Å². The molecule has 1 aliphatic rings. The second-order valence-corrected chi connectivity index (χ2v) is 5.64. The topological polar surface area (TPSA) is 38.5 Å². The molecule has 1 heterocycles. The third kappa shape index (κ3) is 2.76. The zero-order valence-electron chi connectivity index (χ0n) is 11.6. The largest absolute Gasteiger partial charge is 0.487 e. The van der Waals surface area contributed by atoms with E-state index < -0.39 is 0 Å². The summed E-state index contributed by atoms with van der Waals surface area (Å²) in [4.78, 5) is 2.06. The van der Waals surface area contributed by atoms with Gasteiger partial charge in [-0.05, 0) is 31.2 Å². The van der Waals surface area contributed by atoms with E-state index in [1.807, 2.05) is 19.1 Å². The lowest BCUT2D eigenvalue weighted by Crippen LogP contribution is -2.38. The van der Waals surface area contributed by atoms with Gasteiger partial charge < -0.3 is 15.4 Å². The highest BCUT2D eigenvalue weighted by Gasteiger charge is 2.24. The van der Waals surface area contributed by atoms with Gasteiger partial charge in [0.15, 0.2) is 0 Å². The maximum atomic E-state index is 14.0. The number of fused-ring (bicyclic) bond motifs is 1. The normalized spacial score (nSPS) is 17.3. The molecule has 21 heavy (non-hydrogen) atoms. The van der Waals surface area contributed by atoms with E-state index in [9.17, 15) is 4.39 Å². The molecular formula is C16H16ClFN2O. The molecule has 0 bridgehead atoms. The molecule has 0 saturated carbocycles. The Kier molecular flexibility index (Phi) is 3.64. The number of halogens is 2. The standard InChI is InChI=1S/C16H16ClFN2O/c1-10-8-20(9-12-13(17)3-2-4-14(12)18)15-6-5-11(19)7-16(15)21-10/h2-7,10H,8-9,19H2,1H3. The summed E-state index contributed by atoms with van der Waals surface area (Å²) < 4.78 is 19.8. The van der Waals surface area contributed by atoms with E-state index in [1.54, 1.807) is 18.2 Å². The van der Waals surface area contributed by atoms with Gasteiger partial charge in [-0.25, -0.2) is 4.39 Å². The molecule has 0 aromatic heterocycles. The number of nitrogens with zero attached hydrogens (tertiary/aromatic N) is 1. The number of hydrogen-bond acceptors (Lipinski definition) is 3. The highest BCUT2D eigenvalue weighted by molar-refractivity contribution is 6.31. The lowest BCUT2D eigenvalue weighted by atomic mass is 10.1. The van der Waals surface area contributed by atoms with Crippen molar-refractivity contribution >= 4 is 23.0 Å². The number of ether oxygens (including phenoxy) is 1. The van der Waals surface area contributed by atoms with E-state index in [2.05, 4.69) is 4.90 Å². The summed E-state index contributed by atoms with van der Waals surface area (Å²) in [6, 6.07) is 10.2. The Balaban J connectivity index is 1.97. The van der Waals surface area contributed by atoms with Crippen LogP contribution in [0, 0.1) is 5.82 Å². The Morgan fingerprint density at radius 2 is 2.19 bits per heavy atom. The Labute approximate surface area is 128 Å². The van der Waals surface area contributed by atoms with Crippen molar-refractivity contribution in [3.8, 4) is 5.75 Å². The van der Waals surface area contributed by atoms with Gasteiger partial charge in [0.1, 0.15) is 17.7 Å². The molecule has 1 unspecified atom stereocenters. The third-order valence-electron chi connectivity index (χ3n) is 3.54. The van der Waals surface area contributed by atoms with Gasteiger partial charge in [0.25, 0.3) is 0 Å². The minimum absolute atomic E-state index is 0.00449. The molecule has 3 nitrogen and oxygen atoms in total. The molecule has 0 amide bonds. The van der Waals surface area contributed by atoms with Crippen molar-refractivity contribution < 1.29 is 9.13 Å². The van der Waals surface area contributed by atoms with Gasteiger partial charge in [-0.1, -0.05) is 17.7 Å². The fraction of sp³-hybridized carbons (Fsp3) is 0.250. The average molecular weight is 307 g/mol. The molecule has 0 radical (unpaired) electrons. The maximum Gasteiger partial charge on any atom is 0.145 e. The van der Waals surface area contributed by atoms with Crippen LogP contribution in [-0.2, 0) is 6.54 Å². The molecular weight excluding hydrogens is 291 g/mol. The third-order valence-corrected chi connectivity index (χ3v) is 3.89. The first-order valence-corrected chi connectivity index (χ1v) is 7.16. The van der Waals surface area contributed by atoms with Crippen LogP contribution in [-0.4, -0.2) is 12.6 Å². The van der Waals surface area contributed by atoms with E-state index in [1.165, 1.54) is 6.07 Å². The Bertz CT molecular complexity index is 657. The maximum absolute atomic E-state index is 14.0. The number of anilines is 2. The average Bonchev–Trinajstić information content (AvgIpc) is 2.42. The van der Waals surface area contributed by atoms with Gasteiger partial charge in [-0.15, -0.1) is 0 Å². The van der Waals surface area contributed by atoms with Crippen molar-refractivity contribution in [1.29, 1.82) is 0 Å². The van der Waals surface area contributed by atoms with Crippen LogP contribution in [0.1, 0.15) is 12.5 Å². The molecule has 110 valence electrons. The molecule has 2 aromatic carbocycles. The van der Waals surface area contributed by atoms with Gasteiger partial charge in [-0.2, -0.15) is 0 Å². The monoisotopic (exact) mass is 306 g/mol. The van der Waals surface area contributed by atoms with Crippen molar-refractivity contribution in [2.45, 2.75) is 19.6 Å². The summed E-state index contributed by atoms with van der Waals surface area (Å²) in [6.07, 6.45) is 0.00449. The molecule has 0 aliphatic carbocycles. The fourth-order valence-electron chi connectivity index (χ4n) is 2.57. The van der Waals surface area contributed by atoms with E-state index in [0.29, 0.717) is 29.4 Å². The zero-order chi connectivity index (χ0) is 15.0. The van der Waals surface area contributed by atoms with Crippen LogP contribution in [0.3, 0.4) is 0 Å². The summed E-state index contributed by atoms with van der Waals surface area (Å²) in [6.45, 7) is 3.04. The van der Waals surface area contributed by atoms with E-state index in [-0.39, 0.29) is 11.9 Å². The molecule has 0 saturated heterocycles. The molecule has 1 aliphatic heterocycles. The number of hydrogen-bond donors (Lipinski definition) is 1. The van der Waals surface area contributed by atoms with E-state index in [4.69, 9.17) is 22.1 Å². The van der Waals surface area contributed by atoms with Crippen LogP contribution >= 0.6 is 11.6 Å². The van der Waals surface area contributed by atoms with Gasteiger partial charge >= 0.3 is 0 Å². The second-order valence-electron chi connectivity index (χ2n) is 5.24. The van der Waals surface area contributed by atoms with Gasteiger partial charge in [-0.3, -0.25) is 0 Å². The predicted molar refractivity (Wildman–Crippen MR) is 83.4 cm³/mol. The number of nitrogen functional groups attached to an aromatic ring is 1. The van der Waals surface area contributed by atoms with Crippen molar-refractivity contribution in [3.05, 3.63) is 52.8 Å². The summed E-state index contributed by atoms with van der Waals surface area (Å²) in [7, 11) is 0. The van der Waals surface area contributed by atoms with Crippen LogP contribution < -0.4 is 15.4 Å². The van der Waals surface area contributed by atoms with E-state index in [0.717, 1.165) is 11.4 Å². The smallest absolute Gasteiger partial charge is 0.145 e. The Morgan fingerprint density at radius 3 is 2.95 bits per heavy atom. The highest BCUT2D eigenvalue weighted by atomic mass is 35.5. The molecule has 1 atom stereocenters. The minimum Gasteiger partial charge on any atom is -0.487 e. The first-order chi connectivity index (χ1) is 10.0. The van der Waals surface area contributed by atoms with Crippen LogP contribution in [0.2, 0.25) is 5.02 Å². The molecule has 2 N–H and O–H groups in total. The predicted octanol–water partition coefficient (Wildman–Crippen LogP) is 3.85. The fourth-order valence-corrected chi connectivity index (χ4v) is 2.80. The lowest BCUT2D eigenvalue weighted by Gasteiger charge is -2.35. The quantitative estimate of drug-likeness (QED) is 0.857. The highest BCUT2D eigenvalue weighted by Crippen LogP contribution is 2.36. The molecule has 3 rings (SSSR count). The van der Waals surface area contributed by atoms with Crippen molar-refractivity contribution in [2.75, 3.05) is 17.2 Å². The minimum atomic E-state index is -0.293. The van der Waals surface area contributed by atoms with Gasteiger partial charge in [0.05, 0.1) is 12.2 Å². The first-order valence-electron chi connectivity index (χ1n) is 6.78. The number of nitrogens with two attached hydrogens (primary N) is 1. The lowest BCUT2D eigenvalue weighted by molar-refractivity contribution is 0.212. The van der Waals surface area contributed by atoms with Crippen LogP contribution in [0.5, 0.6) is 5.75 Å². The van der Waals surface area contributed by atoms with Crippen LogP contribution in [0.15, 0.2) is 36.4 Å². The van der Waals surface area contributed by atoms with Crippen molar-refractivity contribution in [2.24, 2.45) is 0 Å². The van der Waals surface area contributed by atoms with Gasteiger partial charge in [0.2, 0.25) is 0 Å². The second kappa shape index (κ2) is 5.45. The first kappa shape index (κ1) is 14.0. The van der Waals surface area contributed by atoms with Gasteiger partial charge in [0, 0.05) is 28.9 Å². The molecule has 5 heteroatoms. The Hall–Kier alpha value is -1.94.